The van der Waals surface area contributed by atoms with Crippen LogP contribution >= 0.6 is 11.3 Å². The maximum Gasteiger partial charge on any atom is 0.257 e. The fourth-order valence-corrected chi connectivity index (χ4v) is 2.87. The summed E-state index contributed by atoms with van der Waals surface area (Å²) in [4.78, 5) is 15.9. The summed E-state index contributed by atoms with van der Waals surface area (Å²) >= 11 is 1.35. The van der Waals surface area contributed by atoms with E-state index in [1.54, 1.807) is 24.5 Å². The number of pyridine rings is 1. The minimum absolute atomic E-state index is 0.225. The fraction of sp³-hybridized carbons (Fsp3) is 0.222. The van der Waals surface area contributed by atoms with Crippen molar-refractivity contribution in [2.45, 2.75) is 19.8 Å². The zero-order valence-electron chi connectivity index (χ0n) is 13.8. The van der Waals surface area contributed by atoms with E-state index in [9.17, 15) is 4.79 Å². The van der Waals surface area contributed by atoms with Gasteiger partial charge in [0.2, 0.25) is 5.13 Å². The first-order valence-corrected chi connectivity index (χ1v) is 8.81. The van der Waals surface area contributed by atoms with Crippen LogP contribution in [0.1, 0.15) is 27.9 Å². The molecule has 0 saturated carbocycles. The molecule has 2 heterocycles. The number of nitrogens with one attached hydrogen (secondary N) is 1. The fourth-order valence-electron chi connectivity index (χ4n) is 2.16. The Hall–Kier alpha value is -2.80. The topological polar surface area (TPSA) is 77.0 Å². The van der Waals surface area contributed by atoms with Crippen LogP contribution in [0.5, 0.6) is 5.75 Å². The van der Waals surface area contributed by atoms with Gasteiger partial charge < -0.3 is 4.74 Å². The van der Waals surface area contributed by atoms with E-state index in [1.165, 1.54) is 16.9 Å². The van der Waals surface area contributed by atoms with E-state index in [1.807, 2.05) is 12.1 Å². The standard InChI is InChI=1S/C18H18N4O2S/c1-2-13-3-5-15(6-4-13)24-12-9-16-21-22-18(25-16)20-17(23)14-7-10-19-11-8-14/h3-8,10-11H,2,9,12H2,1H3,(H,20,22,23). The number of carbonyl (C=O) groups excluding carboxylic acids is 1. The molecule has 0 radical (unpaired) electrons. The highest BCUT2D eigenvalue weighted by Crippen LogP contribution is 2.18. The second-order valence-electron chi connectivity index (χ2n) is 5.29. The number of rotatable bonds is 7. The zero-order valence-corrected chi connectivity index (χ0v) is 14.6. The number of ether oxygens (including phenoxy) is 1. The minimum Gasteiger partial charge on any atom is -0.493 e. The van der Waals surface area contributed by atoms with Crippen molar-refractivity contribution in [3.63, 3.8) is 0 Å². The lowest BCUT2D eigenvalue weighted by Gasteiger charge is -2.05. The van der Waals surface area contributed by atoms with Gasteiger partial charge >= 0.3 is 0 Å². The van der Waals surface area contributed by atoms with Gasteiger partial charge in [0, 0.05) is 24.4 Å². The molecule has 3 rings (SSSR count). The Balaban J connectivity index is 1.49. The van der Waals surface area contributed by atoms with E-state index < -0.39 is 0 Å². The van der Waals surface area contributed by atoms with Crippen molar-refractivity contribution < 1.29 is 9.53 Å². The summed E-state index contributed by atoms with van der Waals surface area (Å²) in [6, 6.07) is 11.4. The van der Waals surface area contributed by atoms with Crippen molar-refractivity contribution in [2.24, 2.45) is 0 Å². The quantitative estimate of drug-likeness (QED) is 0.704. The number of hydrogen-bond acceptors (Lipinski definition) is 6. The van der Waals surface area contributed by atoms with Crippen molar-refractivity contribution in [2.75, 3.05) is 11.9 Å². The number of aryl methyl sites for hydroxylation is 1. The van der Waals surface area contributed by atoms with Crippen LogP contribution in [0.2, 0.25) is 0 Å². The number of anilines is 1. The molecule has 3 aromatic rings. The molecule has 0 bridgehead atoms. The van der Waals surface area contributed by atoms with Crippen LogP contribution in [-0.4, -0.2) is 27.7 Å². The Bertz CT molecular complexity index is 819. The molecule has 0 fully saturated rings. The molecular weight excluding hydrogens is 336 g/mol. The van der Waals surface area contributed by atoms with Crippen molar-refractivity contribution in [1.29, 1.82) is 0 Å². The SMILES string of the molecule is CCc1ccc(OCCc2nnc(NC(=O)c3ccncc3)s2)cc1. The van der Waals surface area contributed by atoms with Gasteiger partial charge in [0.15, 0.2) is 0 Å². The predicted octanol–water partition coefficient (Wildman–Crippen LogP) is 3.37. The van der Waals surface area contributed by atoms with Crippen LogP contribution in [0.15, 0.2) is 48.8 Å². The van der Waals surface area contributed by atoms with Gasteiger partial charge in [-0.3, -0.25) is 15.1 Å². The van der Waals surface area contributed by atoms with Crippen LogP contribution in [-0.2, 0) is 12.8 Å². The molecule has 128 valence electrons. The monoisotopic (exact) mass is 354 g/mol. The molecule has 25 heavy (non-hydrogen) atoms. The molecule has 0 spiro atoms. The number of benzene rings is 1. The molecular formula is C18H18N4O2S. The average Bonchev–Trinajstić information content (AvgIpc) is 3.10. The molecule has 7 heteroatoms. The molecule has 0 aliphatic heterocycles. The van der Waals surface area contributed by atoms with Gasteiger partial charge in [-0.1, -0.05) is 30.4 Å². The third-order valence-electron chi connectivity index (χ3n) is 3.55. The summed E-state index contributed by atoms with van der Waals surface area (Å²) in [7, 11) is 0. The molecule has 2 aromatic heterocycles. The van der Waals surface area contributed by atoms with E-state index in [2.05, 4.69) is 39.6 Å². The first-order valence-electron chi connectivity index (χ1n) is 8.00. The Morgan fingerprint density at radius 3 is 2.60 bits per heavy atom. The van der Waals surface area contributed by atoms with E-state index >= 15 is 0 Å². The minimum atomic E-state index is -0.225. The Labute approximate surface area is 149 Å². The lowest BCUT2D eigenvalue weighted by molar-refractivity contribution is 0.102. The van der Waals surface area contributed by atoms with Crippen LogP contribution < -0.4 is 10.1 Å². The van der Waals surface area contributed by atoms with E-state index in [0.29, 0.717) is 23.7 Å². The first-order chi connectivity index (χ1) is 12.2. The van der Waals surface area contributed by atoms with Gasteiger partial charge in [-0.15, -0.1) is 10.2 Å². The summed E-state index contributed by atoms with van der Waals surface area (Å²) < 4.78 is 5.71. The van der Waals surface area contributed by atoms with Crippen molar-refractivity contribution in [1.82, 2.24) is 15.2 Å². The molecule has 0 unspecified atom stereocenters. The van der Waals surface area contributed by atoms with Crippen molar-refractivity contribution in [3.8, 4) is 5.75 Å². The molecule has 1 N–H and O–H groups in total. The van der Waals surface area contributed by atoms with Crippen molar-refractivity contribution in [3.05, 3.63) is 64.9 Å². The number of hydrogen-bond donors (Lipinski definition) is 1. The molecule has 1 aromatic carbocycles. The summed E-state index contributed by atoms with van der Waals surface area (Å²) in [5.74, 6) is 0.616. The Morgan fingerprint density at radius 1 is 1.12 bits per heavy atom. The maximum absolute atomic E-state index is 12.0. The van der Waals surface area contributed by atoms with Crippen LogP contribution in [0, 0.1) is 0 Å². The normalized spacial score (nSPS) is 10.4. The van der Waals surface area contributed by atoms with Crippen LogP contribution in [0.3, 0.4) is 0 Å². The van der Waals surface area contributed by atoms with Crippen molar-refractivity contribution >= 4 is 22.4 Å². The highest BCUT2D eigenvalue weighted by molar-refractivity contribution is 7.15. The number of nitrogens with zero attached hydrogens (tertiary/aromatic N) is 3. The van der Waals surface area contributed by atoms with E-state index in [0.717, 1.165) is 17.2 Å². The number of aromatic nitrogens is 3. The van der Waals surface area contributed by atoms with Crippen LogP contribution in [0.25, 0.3) is 0 Å². The summed E-state index contributed by atoms with van der Waals surface area (Å²) in [5.41, 5.74) is 1.82. The van der Waals surface area contributed by atoms with Crippen LogP contribution in [0.4, 0.5) is 5.13 Å². The van der Waals surface area contributed by atoms with Gasteiger partial charge in [0.05, 0.1) is 6.61 Å². The van der Waals surface area contributed by atoms with Gasteiger partial charge in [-0.05, 0) is 36.2 Å². The number of carbonyl (C=O) groups is 1. The Morgan fingerprint density at radius 2 is 1.88 bits per heavy atom. The summed E-state index contributed by atoms with van der Waals surface area (Å²) in [5, 5.41) is 12.1. The zero-order chi connectivity index (χ0) is 17.5. The van der Waals surface area contributed by atoms with E-state index in [-0.39, 0.29) is 5.91 Å². The summed E-state index contributed by atoms with van der Waals surface area (Å²) in [6.45, 7) is 2.63. The lowest BCUT2D eigenvalue weighted by atomic mass is 10.2. The number of amides is 1. The smallest absolute Gasteiger partial charge is 0.257 e. The molecule has 0 aliphatic rings. The second-order valence-corrected chi connectivity index (χ2v) is 6.35. The third kappa shape index (κ3) is 4.84. The van der Waals surface area contributed by atoms with E-state index in [4.69, 9.17) is 4.74 Å². The average molecular weight is 354 g/mol. The molecule has 0 atom stereocenters. The highest BCUT2D eigenvalue weighted by atomic mass is 32.1. The van der Waals surface area contributed by atoms with Gasteiger partial charge in [-0.25, -0.2) is 0 Å². The highest BCUT2D eigenvalue weighted by Gasteiger charge is 2.10. The third-order valence-corrected chi connectivity index (χ3v) is 4.44. The largest absolute Gasteiger partial charge is 0.493 e. The first kappa shape index (κ1) is 17.0. The maximum atomic E-state index is 12.0. The predicted molar refractivity (Wildman–Crippen MR) is 97.1 cm³/mol. The van der Waals surface area contributed by atoms with Gasteiger partial charge in [0.1, 0.15) is 10.8 Å². The molecule has 0 saturated heterocycles. The second kappa shape index (κ2) is 8.34. The van der Waals surface area contributed by atoms with Gasteiger partial charge in [-0.2, -0.15) is 0 Å². The molecule has 0 aliphatic carbocycles. The lowest BCUT2D eigenvalue weighted by Crippen LogP contribution is -2.11. The Kier molecular flexibility index (Phi) is 5.69. The van der Waals surface area contributed by atoms with Gasteiger partial charge in [0.25, 0.3) is 5.91 Å². The molecule has 6 nitrogen and oxygen atoms in total. The molecule has 1 amide bonds. The summed E-state index contributed by atoms with van der Waals surface area (Å²) in [6.07, 6.45) is 4.80.